The van der Waals surface area contributed by atoms with E-state index in [1.54, 1.807) is 12.7 Å². The first-order chi connectivity index (χ1) is 11.7. The third-order valence-corrected chi connectivity index (χ3v) is 4.63. The van der Waals surface area contributed by atoms with Gasteiger partial charge in [0.1, 0.15) is 12.7 Å². The lowest BCUT2D eigenvalue weighted by molar-refractivity contribution is -0.139. The lowest BCUT2D eigenvalue weighted by Gasteiger charge is -2.16. The van der Waals surface area contributed by atoms with Gasteiger partial charge in [0.2, 0.25) is 0 Å². The molecule has 6 nitrogen and oxygen atoms in total. The van der Waals surface area contributed by atoms with E-state index in [4.69, 9.17) is 4.74 Å². The van der Waals surface area contributed by atoms with Crippen LogP contribution in [0.1, 0.15) is 17.5 Å². The number of hydrogen-bond donors (Lipinski definition) is 0. The van der Waals surface area contributed by atoms with Gasteiger partial charge in [0.25, 0.3) is 0 Å². The van der Waals surface area contributed by atoms with Crippen LogP contribution in [0.4, 0.5) is 0 Å². The molecule has 1 unspecified atom stereocenters. The summed E-state index contributed by atoms with van der Waals surface area (Å²) in [6.07, 6.45) is 6.22. The summed E-state index contributed by atoms with van der Waals surface area (Å²) in [6.45, 7) is 4.30. The number of ether oxygens (including phenoxy) is 1. The van der Waals surface area contributed by atoms with Gasteiger partial charge in [-0.15, -0.1) is 10.2 Å². The number of esters is 1. The Kier molecular flexibility index (Phi) is 5.59. The van der Waals surface area contributed by atoms with Gasteiger partial charge in [0.05, 0.1) is 13.5 Å². The van der Waals surface area contributed by atoms with Crippen molar-refractivity contribution in [3.8, 4) is 0 Å². The van der Waals surface area contributed by atoms with Gasteiger partial charge < -0.3 is 14.2 Å². The number of carbonyl (C=O) groups is 1. The number of nitrogens with zero attached hydrogens (tertiary/aromatic N) is 4. The van der Waals surface area contributed by atoms with Gasteiger partial charge in [-0.3, -0.25) is 4.79 Å². The minimum absolute atomic E-state index is 0.192. The molecule has 1 aliphatic heterocycles. The molecule has 1 aromatic heterocycles. The number of benzene rings is 1. The fraction of sp³-hybridized carbons (Fsp3) is 0.500. The van der Waals surface area contributed by atoms with E-state index in [-0.39, 0.29) is 5.97 Å². The van der Waals surface area contributed by atoms with Crippen molar-refractivity contribution in [2.45, 2.75) is 25.8 Å². The quantitative estimate of drug-likeness (QED) is 0.722. The highest BCUT2D eigenvalue weighted by atomic mass is 16.5. The van der Waals surface area contributed by atoms with Gasteiger partial charge in [-0.25, -0.2) is 0 Å². The van der Waals surface area contributed by atoms with E-state index in [1.165, 1.54) is 19.1 Å². The fourth-order valence-corrected chi connectivity index (χ4v) is 3.24. The maximum atomic E-state index is 11.3. The first kappa shape index (κ1) is 16.6. The smallest absolute Gasteiger partial charge is 0.309 e. The zero-order valence-electron chi connectivity index (χ0n) is 14.1. The van der Waals surface area contributed by atoms with E-state index < -0.39 is 0 Å². The van der Waals surface area contributed by atoms with Gasteiger partial charge in [-0.2, -0.15) is 0 Å². The van der Waals surface area contributed by atoms with E-state index >= 15 is 0 Å². The van der Waals surface area contributed by atoms with Crippen molar-refractivity contribution in [1.29, 1.82) is 0 Å². The lowest BCUT2D eigenvalue weighted by Crippen LogP contribution is -2.25. The van der Waals surface area contributed by atoms with Gasteiger partial charge in [-0.1, -0.05) is 24.3 Å². The van der Waals surface area contributed by atoms with Gasteiger partial charge in [0.15, 0.2) is 0 Å². The van der Waals surface area contributed by atoms with Crippen molar-refractivity contribution >= 4 is 5.97 Å². The van der Waals surface area contributed by atoms with Crippen molar-refractivity contribution in [1.82, 2.24) is 19.7 Å². The fourth-order valence-electron chi connectivity index (χ4n) is 3.24. The topological polar surface area (TPSA) is 60.2 Å². The summed E-state index contributed by atoms with van der Waals surface area (Å²) in [5, 5.41) is 7.67. The molecule has 1 atom stereocenters. The van der Waals surface area contributed by atoms with Crippen LogP contribution in [0.3, 0.4) is 0 Å². The average Bonchev–Trinajstić information content (AvgIpc) is 3.26. The summed E-state index contributed by atoms with van der Waals surface area (Å²) >= 11 is 0. The first-order valence-corrected chi connectivity index (χ1v) is 8.42. The highest BCUT2D eigenvalue weighted by Crippen LogP contribution is 2.21. The number of likely N-dealkylation sites (tertiary alicyclic amines) is 1. The first-order valence-electron chi connectivity index (χ1n) is 8.42. The molecule has 3 rings (SSSR count). The molecule has 0 bridgehead atoms. The third-order valence-electron chi connectivity index (χ3n) is 4.63. The Morgan fingerprint density at radius 1 is 1.17 bits per heavy atom. The molecule has 2 heterocycles. The van der Waals surface area contributed by atoms with E-state index in [1.807, 2.05) is 16.7 Å². The minimum atomic E-state index is -0.192. The number of carbonyl (C=O) groups excluding carboxylic acids is 1. The third kappa shape index (κ3) is 4.64. The molecule has 0 amide bonds. The molecule has 0 saturated carbocycles. The van der Waals surface area contributed by atoms with E-state index in [9.17, 15) is 4.79 Å². The second kappa shape index (κ2) is 8.06. The standard InChI is InChI=1S/C18H24N4O2/c1-24-18(23)11-16-4-2-15(3-5-16)10-17-6-7-21(12-17)8-9-22-13-19-20-14-22/h2-5,13-14,17H,6-12H2,1H3. The highest BCUT2D eigenvalue weighted by Gasteiger charge is 2.22. The zero-order chi connectivity index (χ0) is 16.8. The van der Waals surface area contributed by atoms with Crippen molar-refractivity contribution < 1.29 is 9.53 Å². The second-order valence-electron chi connectivity index (χ2n) is 6.43. The van der Waals surface area contributed by atoms with E-state index in [2.05, 4.69) is 27.2 Å². The molecule has 0 spiro atoms. The highest BCUT2D eigenvalue weighted by molar-refractivity contribution is 5.72. The van der Waals surface area contributed by atoms with Gasteiger partial charge in [-0.05, 0) is 36.4 Å². The van der Waals surface area contributed by atoms with Crippen molar-refractivity contribution in [3.63, 3.8) is 0 Å². The van der Waals surface area contributed by atoms with Crippen LogP contribution in [0.2, 0.25) is 0 Å². The summed E-state index contributed by atoms with van der Waals surface area (Å²) in [7, 11) is 1.42. The van der Waals surface area contributed by atoms with Crippen LogP contribution >= 0.6 is 0 Å². The normalized spacial score (nSPS) is 18.0. The van der Waals surface area contributed by atoms with Crippen LogP contribution in [-0.2, 0) is 28.9 Å². The Morgan fingerprint density at radius 3 is 2.58 bits per heavy atom. The van der Waals surface area contributed by atoms with Crippen LogP contribution in [0, 0.1) is 5.92 Å². The largest absolute Gasteiger partial charge is 0.469 e. The number of methoxy groups -OCH3 is 1. The van der Waals surface area contributed by atoms with Gasteiger partial charge >= 0.3 is 5.97 Å². The van der Waals surface area contributed by atoms with Crippen LogP contribution in [0.5, 0.6) is 0 Å². The number of rotatable bonds is 7. The monoisotopic (exact) mass is 328 g/mol. The molecular weight excluding hydrogens is 304 g/mol. The van der Waals surface area contributed by atoms with E-state index in [0.717, 1.165) is 38.2 Å². The van der Waals surface area contributed by atoms with Crippen LogP contribution in [-0.4, -0.2) is 52.4 Å². The molecule has 24 heavy (non-hydrogen) atoms. The Morgan fingerprint density at radius 2 is 1.88 bits per heavy atom. The zero-order valence-corrected chi connectivity index (χ0v) is 14.1. The Bertz CT molecular complexity index is 640. The van der Waals surface area contributed by atoms with Gasteiger partial charge in [0, 0.05) is 19.6 Å². The van der Waals surface area contributed by atoms with E-state index in [0.29, 0.717) is 12.3 Å². The maximum Gasteiger partial charge on any atom is 0.309 e. The maximum absolute atomic E-state index is 11.3. The summed E-state index contributed by atoms with van der Waals surface area (Å²) < 4.78 is 6.72. The van der Waals surface area contributed by atoms with Crippen molar-refractivity contribution in [3.05, 3.63) is 48.0 Å². The molecule has 6 heteroatoms. The Hall–Kier alpha value is -2.21. The molecule has 2 aromatic rings. The average molecular weight is 328 g/mol. The predicted octanol–water partition coefficient (Wildman–Crippen LogP) is 1.56. The molecule has 1 saturated heterocycles. The SMILES string of the molecule is COC(=O)Cc1ccc(CC2CCN(CCn3cnnc3)C2)cc1. The summed E-state index contributed by atoms with van der Waals surface area (Å²) in [6, 6.07) is 8.34. The molecule has 0 radical (unpaired) electrons. The number of hydrogen-bond acceptors (Lipinski definition) is 5. The molecule has 1 aromatic carbocycles. The molecule has 0 aliphatic carbocycles. The van der Waals surface area contributed by atoms with Crippen molar-refractivity contribution in [2.75, 3.05) is 26.7 Å². The molecular formula is C18H24N4O2. The summed E-state index contributed by atoms with van der Waals surface area (Å²) in [5.74, 6) is 0.514. The second-order valence-corrected chi connectivity index (χ2v) is 6.43. The van der Waals surface area contributed by atoms with Crippen LogP contribution in [0.15, 0.2) is 36.9 Å². The Labute approximate surface area is 142 Å². The van der Waals surface area contributed by atoms with Crippen LogP contribution in [0.25, 0.3) is 0 Å². The Balaban J connectivity index is 1.44. The molecule has 1 aliphatic rings. The lowest BCUT2D eigenvalue weighted by atomic mass is 9.97. The molecule has 1 fully saturated rings. The predicted molar refractivity (Wildman–Crippen MR) is 90.4 cm³/mol. The number of aromatic nitrogens is 3. The molecule has 128 valence electrons. The molecule has 0 N–H and O–H groups in total. The minimum Gasteiger partial charge on any atom is -0.469 e. The summed E-state index contributed by atoms with van der Waals surface area (Å²) in [4.78, 5) is 13.8. The van der Waals surface area contributed by atoms with Crippen LogP contribution < -0.4 is 0 Å². The summed E-state index contributed by atoms with van der Waals surface area (Å²) in [5.41, 5.74) is 2.35. The van der Waals surface area contributed by atoms with Crippen molar-refractivity contribution in [2.24, 2.45) is 5.92 Å².